The van der Waals surface area contributed by atoms with Crippen LogP contribution in [0.4, 0.5) is 0 Å². The van der Waals surface area contributed by atoms with Gasteiger partial charge in [-0.1, -0.05) is 61.9 Å². The zero-order valence-electron chi connectivity index (χ0n) is 17.9. The first-order valence-corrected chi connectivity index (χ1v) is 11.3. The lowest BCUT2D eigenvalue weighted by atomic mass is 10.1. The lowest BCUT2D eigenvalue weighted by molar-refractivity contribution is -0.139. The van der Waals surface area contributed by atoms with E-state index in [1.54, 1.807) is 4.90 Å². The first-order valence-electron chi connectivity index (χ1n) is 10.3. The zero-order valence-corrected chi connectivity index (χ0v) is 18.7. The fraction of sp³-hybridized carbons (Fsp3) is 0.417. The monoisotopic (exact) mass is 412 g/mol. The molecule has 0 fully saturated rings. The van der Waals surface area contributed by atoms with E-state index in [-0.39, 0.29) is 17.9 Å². The zero-order chi connectivity index (χ0) is 21.2. The molecule has 0 bridgehead atoms. The maximum atomic E-state index is 13.2. The molecule has 0 aliphatic rings. The molecule has 0 aromatic heterocycles. The van der Waals surface area contributed by atoms with Crippen LogP contribution in [0.2, 0.25) is 0 Å². The lowest BCUT2D eigenvalue weighted by Gasteiger charge is -2.31. The minimum atomic E-state index is -0.478. The number of carbonyl (C=O) groups excluding carboxylic acids is 2. The van der Waals surface area contributed by atoms with Crippen LogP contribution in [-0.4, -0.2) is 34.6 Å². The Labute approximate surface area is 179 Å². The Bertz CT molecular complexity index is 794. The molecule has 2 aromatic carbocycles. The van der Waals surface area contributed by atoms with Gasteiger partial charge in [0.2, 0.25) is 11.8 Å². The maximum Gasteiger partial charge on any atom is 0.243 e. The topological polar surface area (TPSA) is 49.4 Å². The lowest BCUT2D eigenvalue weighted by Crippen LogP contribution is -2.51. The number of aryl methyl sites for hydroxylation is 1. The normalized spacial score (nSPS) is 12.8. The summed E-state index contributed by atoms with van der Waals surface area (Å²) in [4.78, 5) is 28.9. The van der Waals surface area contributed by atoms with E-state index < -0.39 is 6.04 Å². The van der Waals surface area contributed by atoms with Crippen molar-refractivity contribution in [1.82, 2.24) is 10.2 Å². The molecule has 0 saturated carbocycles. The fourth-order valence-corrected chi connectivity index (χ4v) is 3.92. The second-order valence-corrected chi connectivity index (χ2v) is 8.40. The third-order valence-corrected chi connectivity index (χ3v) is 5.92. The van der Waals surface area contributed by atoms with Crippen molar-refractivity contribution in [1.29, 1.82) is 0 Å². The number of rotatable bonds is 10. The number of hydrogen-bond donors (Lipinski definition) is 1. The smallest absolute Gasteiger partial charge is 0.243 e. The molecule has 0 saturated heterocycles. The Morgan fingerprint density at radius 1 is 1.03 bits per heavy atom. The van der Waals surface area contributed by atoms with Gasteiger partial charge in [0.15, 0.2) is 0 Å². The second-order valence-electron chi connectivity index (χ2n) is 7.35. The number of amides is 2. The second kappa shape index (κ2) is 11.7. The largest absolute Gasteiger partial charge is 0.352 e. The summed E-state index contributed by atoms with van der Waals surface area (Å²) >= 11 is 1.51. The van der Waals surface area contributed by atoms with Gasteiger partial charge >= 0.3 is 0 Å². The molecule has 0 aliphatic carbocycles. The predicted molar refractivity (Wildman–Crippen MR) is 121 cm³/mol. The molecule has 4 nitrogen and oxygen atoms in total. The van der Waals surface area contributed by atoms with Crippen LogP contribution < -0.4 is 5.32 Å². The number of nitrogens with zero attached hydrogens (tertiary/aromatic N) is 1. The molecule has 1 N–H and O–H groups in total. The summed E-state index contributed by atoms with van der Waals surface area (Å²) in [7, 11) is 0. The Kier molecular flexibility index (Phi) is 9.26. The molecule has 5 heteroatoms. The number of benzene rings is 2. The van der Waals surface area contributed by atoms with E-state index in [0.717, 1.165) is 22.4 Å². The SMILES string of the molecule is CC[C@@H](C)NC(=O)[C@H](CC)N(Cc1cccc(C)c1)C(=O)CSc1ccccc1. The van der Waals surface area contributed by atoms with Gasteiger partial charge in [-0.2, -0.15) is 0 Å². The third-order valence-electron chi connectivity index (χ3n) is 4.93. The van der Waals surface area contributed by atoms with Gasteiger partial charge < -0.3 is 10.2 Å². The Morgan fingerprint density at radius 3 is 2.38 bits per heavy atom. The van der Waals surface area contributed by atoms with E-state index in [2.05, 4.69) is 11.4 Å². The summed E-state index contributed by atoms with van der Waals surface area (Å²) in [6.45, 7) is 8.46. The minimum absolute atomic E-state index is 0.0217. The van der Waals surface area contributed by atoms with Crippen LogP contribution in [-0.2, 0) is 16.1 Å². The van der Waals surface area contributed by atoms with Gasteiger partial charge in [-0.3, -0.25) is 9.59 Å². The van der Waals surface area contributed by atoms with Gasteiger partial charge in [0, 0.05) is 17.5 Å². The van der Waals surface area contributed by atoms with Gasteiger partial charge in [-0.25, -0.2) is 0 Å². The maximum absolute atomic E-state index is 13.2. The third kappa shape index (κ3) is 7.24. The van der Waals surface area contributed by atoms with Gasteiger partial charge in [0.25, 0.3) is 0 Å². The van der Waals surface area contributed by atoms with Crippen LogP contribution in [0.3, 0.4) is 0 Å². The standard InChI is InChI=1S/C24H32N2O2S/c1-5-19(4)25-24(28)22(6-2)26(16-20-12-10-11-18(3)15-20)23(27)17-29-21-13-8-7-9-14-21/h7-15,19,22H,5-6,16-17H2,1-4H3,(H,25,28)/t19-,22+/m1/s1. The van der Waals surface area contributed by atoms with Gasteiger partial charge in [-0.15, -0.1) is 11.8 Å². The van der Waals surface area contributed by atoms with Crippen molar-refractivity contribution in [3.63, 3.8) is 0 Å². The average molecular weight is 413 g/mol. The molecule has 156 valence electrons. The molecule has 0 heterocycles. The van der Waals surface area contributed by atoms with Crippen LogP contribution in [0, 0.1) is 6.92 Å². The van der Waals surface area contributed by atoms with E-state index in [1.807, 2.05) is 76.2 Å². The average Bonchev–Trinajstić information content (AvgIpc) is 2.72. The molecular weight excluding hydrogens is 380 g/mol. The highest BCUT2D eigenvalue weighted by molar-refractivity contribution is 8.00. The van der Waals surface area contributed by atoms with Gasteiger partial charge in [-0.05, 0) is 44.4 Å². The number of thioether (sulfide) groups is 1. The predicted octanol–water partition coefficient (Wildman–Crippen LogP) is 4.81. The number of carbonyl (C=O) groups is 2. The molecule has 2 amide bonds. The van der Waals surface area contributed by atoms with Crippen LogP contribution in [0.15, 0.2) is 59.5 Å². The fourth-order valence-electron chi connectivity index (χ4n) is 3.11. The molecule has 2 rings (SSSR count). The molecule has 2 aromatic rings. The Balaban J connectivity index is 2.20. The van der Waals surface area contributed by atoms with Gasteiger partial charge in [0.05, 0.1) is 5.75 Å². The molecule has 2 atom stereocenters. The van der Waals surface area contributed by atoms with Crippen molar-refractivity contribution in [3.05, 3.63) is 65.7 Å². The van der Waals surface area contributed by atoms with Crippen molar-refractivity contribution in [2.75, 3.05) is 5.75 Å². The highest BCUT2D eigenvalue weighted by Gasteiger charge is 2.29. The van der Waals surface area contributed by atoms with E-state index in [4.69, 9.17) is 0 Å². The number of nitrogens with one attached hydrogen (secondary N) is 1. The summed E-state index contributed by atoms with van der Waals surface area (Å²) in [5, 5.41) is 3.05. The molecule has 0 radical (unpaired) electrons. The van der Waals surface area contributed by atoms with Crippen molar-refractivity contribution in [2.24, 2.45) is 0 Å². The number of hydrogen-bond acceptors (Lipinski definition) is 3. The molecule has 0 unspecified atom stereocenters. The summed E-state index contributed by atoms with van der Waals surface area (Å²) in [5.41, 5.74) is 2.18. The van der Waals surface area contributed by atoms with Crippen molar-refractivity contribution in [2.45, 2.75) is 64.1 Å². The molecular formula is C24H32N2O2S. The van der Waals surface area contributed by atoms with Crippen LogP contribution >= 0.6 is 11.8 Å². The Morgan fingerprint density at radius 2 is 1.76 bits per heavy atom. The van der Waals surface area contributed by atoms with Gasteiger partial charge in [0.1, 0.15) is 6.04 Å². The summed E-state index contributed by atoms with van der Waals surface area (Å²) in [6.07, 6.45) is 1.44. The Hall–Kier alpha value is -2.27. The summed E-state index contributed by atoms with van der Waals surface area (Å²) < 4.78 is 0. The minimum Gasteiger partial charge on any atom is -0.352 e. The highest BCUT2D eigenvalue weighted by Crippen LogP contribution is 2.20. The molecule has 0 aliphatic heterocycles. The summed E-state index contributed by atoms with van der Waals surface area (Å²) in [5.74, 6) is 0.210. The van der Waals surface area contributed by atoms with Crippen LogP contribution in [0.25, 0.3) is 0 Å². The van der Waals surface area contributed by atoms with Crippen molar-refractivity contribution < 1.29 is 9.59 Å². The molecule has 0 spiro atoms. The van der Waals surface area contributed by atoms with E-state index in [1.165, 1.54) is 11.8 Å². The van der Waals surface area contributed by atoms with E-state index in [0.29, 0.717) is 18.7 Å². The highest BCUT2D eigenvalue weighted by atomic mass is 32.2. The van der Waals surface area contributed by atoms with E-state index >= 15 is 0 Å². The van der Waals surface area contributed by atoms with Crippen LogP contribution in [0.1, 0.15) is 44.7 Å². The van der Waals surface area contributed by atoms with E-state index in [9.17, 15) is 9.59 Å². The van der Waals surface area contributed by atoms with Crippen molar-refractivity contribution in [3.8, 4) is 0 Å². The first kappa shape index (κ1) is 23.0. The quantitative estimate of drug-likeness (QED) is 0.570. The van der Waals surface area contributed by atoms with Crippen molar-refractivity contribution >= 4 is 23.6 Å². The molecule has 29 heavy (non-hydrogen) atoms. The first-order chi connectivity index (χ1) is 13.9. The summed E-state index contributed by atoms with van der Waals surface area (Å²) in [6, 6.07) is 17.6. The van der Waals surface area contributed by atoms with Crippen LogP contribution in [0.5, 0.6) is 0 Å².